The summed E-state index contributed by atoms with van der Waals surface area (Å²) in [6.45, 7) is 3.20. The highest BCUT2D eigenvalue weighted by Crippen LogP contribution is 2.42. The normalized spacial score (nSPS) is 16.0. The topological polar surface area (TPSA) is 122 Å². The highest BCUT2D eigenvalue weighted by atomic mass is 35.6. The number of alkyl carbamates (subject to hydrolysis) is 1. The molecule has 1 aliphatic heterocycles. The summed E-state index contributed by atoms with van der Waals surface area (Å²) in [5.41, 5.74) is 1.08. The summed E-state index contributed by atoms with van der Waals surface area (Å²) >= 11 is 17.4. The van der Waals surface area contributed by atoms with Crippen LogP contribution in [-0.4, -0.2) is 74.9 Å². The maximum atomic E-state index is 13.3. The number of nitrogens with one attached hydrogen (secondary N) is 1. The van der Waals surface area contributed by atoms with Crippen LogP contribution in [0.1, 0.15) is 22.0 Å². The van der Waals surface area contributed by atoms with Gasteiger partial charge >= 0.3 is 18.2 Å². The van der Waals surface area contributed by atoms with Gasteiger partial charge in [-0.1, -0.05) is 65.7 Å². The van der Waals surface area contributed by atoms with E-state index in [9.17, 15) is 14.4 Å². The minimum Gasteiger partial charge on any atom is -0.468 e. The Bertz CT molecular complexity index is 1190. The zero-order chi connectivity index (χ0) is 29.8. The van der Waals surface area contributed by atoms with Gasteiger partial charge in [0.2, 0.25) is 3.79 Å². The van der Waals surface area contributed by atoms with Crippen molar-refractivity contribution in [2.45, 2.75) is 15.9 Å². The summed E-state index contributed by atoms with van der Waals surface area (Å²) in [5.74, 6) is -0.259. The molecule has 0 aliphatic carbocycles. The Kier molecular flexibility index (Phi) is 12.4. The lowest BCUT2D eigenvalue weighted by Gasteiger charge is -2.28. The third kappa shape index (κ3) is 9.68. The number of halogens is 3. The van der Waals surface area contributed by atoms with Gasteiger partial charge in [-0.15, -0.1) is 0 Å². The molecule has 222 valence electrons. The van der Waals surface area contributed by atoms with Crippen LogP contribution in [0.5, 0.6) is 5.75 Å². The second-order valence-electron chi connectivity index (χ2n) is 8.46. The number of alkyl halides is 3. The number of benzene rings is 2. The third-order valence-electron chi connectivity index (χ3n) is 5.61. The summed E-state index contributed by atoms with van der Waals surface area (Å²) in [6, 6.07) is 11.2. The van der Waals surface area contributed by atoms with Gasteiger partial charge in [0.25, 0.3) is 0 Å². The number of fused-ring (bicyclic) bond motifs is 1. The first kappa shape index (κ1) is 32.3. The molecule has 0 unspecified atom stereocenters. The van der Waals surface area contributed by atoms with Crippen LogP contribution in [0, 0.1) is 0 Å². The van der Waals surface area contributed by atoms with Crippen LogP contribution >= 0.6 is 34.8 Å². The summed E-state index contributed by atoms with van der Waals surface area (Å²) in [5, 5.41) is 2.72. The zero-order valence-corrected chi connectivity index (χ0v) is 24.3. The number of methoxy groups -OCH3 is 1. The number of ether oxygens (including phenoxy) is 6. The molecule has 2 aromatic rings. The van der Waals surface area contributed by atoms with Crippen molar-refractivity contribution in [2.75, 3.05) is 51.8 Å². The first-order chi connectivity index (χ1) is 19.6. The Hall–Kier alpha value is -3.22. The van der Waals surface area contributed by atoms with Gasteiger partial charge in [-0.25, -0.2) is 14.4 Å². The Morgan fingerprint density at radius 3 is 2.49 bits per heavy atom. The summed E-state index contributed by atoms with van der Waals surface area (Å²) < 4.78 is 30.0. The Balaban J connectivity index is 1.93. The highest BCUT2D eigenvalue weighted by Gasteiger charge is 2.45. The first-order valence-corrected chi connectivity index (χ1v) is 13.4. The Morgan fingerprint density at radius 1 is 1.05 bits per heavy atom. The number of rotatable bonds is 13. The SMILES string of the molecule is C=CCOC(=O)N[C@H]1c2cc(OCOCCOC)ccc2N(C(=O)OCC(Cl)(Cl)Cl)[C@@H]1COC(=O)c1ccccc1. The molecule has 0 fully saturated rings. The molecule has 11 nitrogen and oxygen atoms in total. The second kappa shape index (κ2) is 15.7. The minimum absolute atomic E-state index is 0.0595. The van der Waals surface area contributed by atoms with E-state index in [1.54, 1.807) is 55.6 Å². The van der Waals surface area contributed by atoms with Crippen LogP contribution < -0.4 is 15.0 Å². The van der Waals surface area contributed by atoms with Gasteiger partial charge in [0.1, 0.15) is 25.6 Å². The number of hydrogen-bond donors (Lipinski definition) is 1. The van der Waals surface area contributed by atoms with Crippen LogP contribution in [0.3, 0.4) is 0 Å². The average Bonchev–Trinajstić information content (AvgIpc) is 3.25. The molecule has 41 heavy (non-hydrogen) atoms. The fraction of sp³-hybridized carbons (Fsp3) is 0.370. The molecule has 14 heteroatoms. The fourth-order valence-electron chi connectivity index (χ4n) is 3.85. The first-order valence-electron chi connectivity index (χ1n) is 12.3. The summed E-state index contributed by atoms with van der Waals surface area (Å²) in [4.78, 5) is 39.9. The van der Waals surface area contributed by atoms with E-state index in [1.807, 2.05) is 0 Å². The molecular weight excluding hydrogens is 603 g/mol. The van der Waals surface area contributed by atoms with Crippen LogP contribution in [0.15, 0.2) is 61.2 Å². The largest absolute Gasteiger partial charge is 0.468 e. The Labute approximate surface area is 252 Å². The molecule has 3 rings (SSSR count). The lowest BCUT2D eigenvalue weighted by Crippen LogP contribution is -2.47. The molecule has 2 aromatic carbocycles. The summed E-state index contributed by atoms with van der Waals surface area (Å²) in [6.07, 6.45) is -0.304. The monoisotopic (exact) mass is 630 g/mol. The quantitative estimate of drug-likeness (QED) is 0.0795. The number of amides is 2. The second-order valence-corrected chi connectivity index (χ2v) is 11.0. The lowest BCUT2D eigenvalue weighted by molar-refractivity contribution is -0.00851. The van der Waals surface area contributed by atoms with Crippen molar-refractivity contribution in [3.8, 4) is 5.75 Å². The maximum Gasteiger partial charge on any atom is 0.414 e. The standard InChI is InChI=1S/C27H29Cl3N2O9/c1-3-11-38-25(34)31-23-20-14-19(41-17-37-13-12-36-2)9-10-21(20)32(26(35)40-16-27(28,29)30)22(23)15-39-24(33)18-7-5-4-6-8-18/h3-10,14,22-23H,1,11-13,15-17H2,2H3,(H,31,34)/t22-,23+/m1/s1. The molecule has 2 atom stereocenters. The number of hydrogen-bond acceptors (Lipinski definition) is 9. The summed E-state index contributed by atoms with van der Waals surface area (Å²) in [7, 11) is 1.55. The highest BCUT2D eigenvalue weighted by molar-refractivity contribution is 6.67. The van der Waals surface area contributed by atoms with Crippen molar-refractivity contribution in [1.82, 2.24) is 5.32 Å². The molecule has 1 aliphatic rings. The predicted octanol–water partition coefficient (Wildman–Crippen LogP) is 5.19. The van der Waals surface area contributed by atoms with E-state index in [1.165, 1.54) is 11.0 Å². The van der Waals surface area contributed by atoms with Crippen molar-refractivity contribution in [2.24, 2.45) is 0 Å². The molecule has 0 aromatic heterocycles. The van der Waals surface area contributed by atoms with Crippen LogP contribution in [0.25, 0.3) is 0 Å². The van der Waals surface area contributed by atoms with Gasteiger partial charge in [-0.2, -0.15) is 0 Å². The molecule has 1 heterocycles. The van der Waals surface area contributed by atoms with E-state index in [2.05, 4.69) is 11.9 Å². The minimum atomic E-state index is -1.87. The molecular formula is C27H29Cl3N2O9. The van der Waals surface area contributed by atoms with Gasteiger partial charge in [-0.05, 0) is 30.3 Å². The predicted molar refractivity (Wildman–Crippen MR) is 152 cm³/mol. The molecule has 0 saturated heterocycles. The van der Waals surface area contributed by atoms with Crippen LogP contribution in [-0.2, 0) is 23.7 Å². The number of carbonyl (C=O) groups is 3. The van der Waals surface area contributed by atoms with Gasteiger partial charge < -0.3 is 33.7 Å². The number of anilines is 1. The third-order valence-corrected chi connectivity index (χ3v) is 5.93. The van der Waals surface area contributed by atoms with E-state index in [4.69, 9.17) is 63.2 Å². The number of esters is 1. The van der Waals surface area contributed by atoms with Gasteiger partial charge in [-0.3, -0.25) is 4.90 Å². The van der Waals surface area contributed by atoms with Gasteiger partial charge in [0, 0.05) is 12.7 Å². The molecule has 0 radical (unpaired) electrons. The molecule has 2 amide bonds. The molecule has 0 bridgehead atoms. The number of nitrogens with zero attached hydrogens (tertiary/aromatic N) is 1. The Morgan fingerprint density at radius 2 is 1.80 bits per heavy atom. The van der Waals surface area contributed by atoms with E-state index >= 15 is 0 Å². The molecule has 1 N–H and O–H groups in total. The lowest BCUT2D eigenvalue weighted by atomic mass is 10.0. The van der Waals surface area contributed by atoms with E-state index < -0.39 is 40.6 Å². The van der Waals surface area contributed by atoms with Crippen molar-refractivity contribution in [1.29, 1.82) is 0 Å². The fourth-order valence-corrected chi connectivity index (χ4v) is 4.01. The van der Waals surface area contributed by atoms with Crippen molar-refractivity contribution >= 4 is 58.6 Å². The van der Waals surface area contributed by atoms with Crippen LogP contribution in [0.2, 0.25) is 0 Å². The average molecular weight is 632 g/mol. The maximum absolute atomic E-state index is 13.3. The van der Waals surface area contributed by atoms with E-state index in [0.29, 0.717) is 35.8 Å². The van der Waals surface area contributed by atoms with E-state index in [0.717, 1.165) is 0 Å². The van der Waals surface area contributed by atoms with Gasteiger partial charge in [0.05, 0.1) is 36.5 Å². The van der Waals surface area contributed by atoms with Crippen molar-refractivity contribution < 1.29 is 42.8 Å². The molecule has 0 spiro atoms. The smallest absolute Gasteiger partial charge is 0.414 e. The number of carbonyl (C=O) groups excluding carboxylic acids is 3. The zero-order valence-electron chi connectivity index (χ0n) is 22.1. The van der Waals surface area contributed by atoms with Crippen molar-refractivity contribution in [3.05, 3.63) is 72.3 Å². The van der Waals surface area contributed by atoms with Crippen LogP contribution in [0.4, 0.5) is 15.3 Å². The molecule has 0 saturated carbocycles. The van der Waals surface area contributed by atoms with E-state index in [-0.39, 0.29) is 20.0 Å². The van der Waals surface area contributed by atoms with Crippen molar-refractivity contribution in [3.63, 3.8) is 0 Å². The van der Waals surface area contributed by atoms with Gasteiger partial charge in [0.15, 0.2) is 6.79 Å².